The minimum atomic E-state index is -3.97. The van der Waals surface area contributed by atoms with Crippen molar-refractivity contribution in [2.45, 2.75) is 57.9 Å². The van der Waals surface area contributed by atoms with Crippen molar-refractivity contribution >= 4 is 38.6 Å². The van der Waals surface area contributed by atoms with Crippen molar-refractivity contribution in [3.63, 3.8) is 0 Å². The third kappa shape index (κ3) is 6.25. The predicted molar refractivity (Wildman–Crippen MR) is 132 cm³/mol. The number of sulfonamides is 1. The summed E-state index contributed by atoms with van der Waals surface area (Å²) in [6, 6.07) is 9.57. The van der Waals surface area contributed by atoms with E-state index in [0.29, 0.717) is 11.8 Å². The minimum absolute atomic E-state index is 0.0000308. The maximum Gasteiger partial charge on any atom is 0.336 e. The molecule has 1 N–H and O–H groups in total. The van der Waals surface area contributed by atoms with Crippen LogP contribution in [0.1, 0.15) is 44.7 Å². The van der Waals surface area contributed by atoms with Gasteiger partial charge in [0.2, 0.25) is 10.0 Å². The Morgan fingerprint density at radius 3 is 2.44 bits per heavy atom. The van der Waals surface area contributed by atoms with Crippen LogP contribution in [0.4, 0.5) is 0 Å². The number of halogens is 1. The molecule has 0 aliphatic rings. The monoisotopic (exact) mass is 505 g/mol. The number of esters is 1. The molecule has 1 heterocycles. The topological polar surface area (TPSA) is 103 Å². The number of benzene rings is 2. The molecule has 2 aromatic carbocycles. The van der Waals surface area contributed by atoms with Crippen molar-refractivity contribution in [3.8, 4) is 5.75 Å². The highest BCUT2D eigenvalue weighted by Crippen LogP contribution is 2.32. The molecule has 9 heteroatoms. The van der Waals surface area contributed by atoms with Gasteiger partial charge in [0.25, 0.3) is 0 Å². The molecule has 3 aromatic rings. The maximum atomic E-state index is 13.0. The van der Waals surface area contributed by atoms with E-state index in [1.165, 1.54) is 24.3 Å². The number of carbonyl (C=O) groups excluding carboxylic acids is 1. The third-order valence-corrected chi connectivity index (χ3v) is 7.02. The zero-order valence-electron chi connectivity index (χ0n) is 19.6. The summed E-state index contributed by atoms with van der Waals surface area (Å²) in [6.45, 7) is 7.58. The van der Waals surface area contributed by atoms with Gasteiger partial charge in [0.05, 0.1) is 9.92 Å². The summed E-state index contributed by atoms with van der Waals surface area (Å²) in [7, 11) is -3.97. The fourth-order valence-corrected chi connectivity index (χ4v) is 5.00. The normalized spacial score (nSPS) is 12.8. The molecule has 0 aliphatic heterocycles. The second-order valence-electron chi connectivity index (χ2n) is 8.66. The SMILES string of the molecule is CCCc1cc(=O)oc2cc(OC(=O)[C@H](CC(C)C)NS(=O)(=O)c3ccc(C)cc3)c(Cl)cc12. The zero-order chi connectivity index (χ0) is 25.0. The molecule has 1 aromatic heterocycles. The number of rotatable bonds is 9. The van der Waals surface area contributed by atoms with Crippen molar-refractivity contribution in [2.24, 2.45) is 5.92 Å². The quantitative estimate of drug-likeness (QED) is 0.249. The first-order valence-corrected chi connectivity index (χ1v) is 12.9. The fraction of sp³-hybridized carbons (Fsp3) is 0.360. The van der Waals surface area contributed by atoms with Gasteiger partial charge in [-0.25, -0.2) is 18.0 Å². The van der Waals surface area contributed by atoms with Crippen molar-refractivity contribution in [1.29, 1.82) is 0 Å². The lowest BCUT2D eigenvalue weighted by molar-refractivity contribution is -0.136. The Hall–Kier alpha value is -2.68. The molecule has 0 bridgehead atoms. The van der Waals surface area contributed by atoms with E-state index < -0.39 is 27.7 Å². The summed E-state index contributed by atoms with van der Waals surface area (Å²) >= 11 is 6.38. The van der Waals surface area contributed by atoms with Crippen LogP contribution in [0.2, 0.25) is 5.02 Å². The minimum Gasteiger partial charge on any atom is -0.424 e. The van der Waals surface area contributed by atoms with Gasteiger partial charge in [0, 0.05) is 17.5 Å². The molecule has 3 rings (SSSR count). The highest BCUT2D eigenvalue weighted by Gasteiger charge is 2.29. The molecule has 182 valence electrons. The smallest absolute Gasteiger partial charge is 0.336 e. The molecule has 0 radical (unpaired) electrons. The lowest BCUT2D eigenvalue weighted by atomic mass is 10.0. The molecule has 7 nitrogen and oxygen atoms in total. The van der Waals surface area contributed by atoms with Crippen LogP contribution in [0.3, 0.4) is 0 Å². The Morgan fingerprint density at radius 2 is 1.82 bits per heavy atom. The highest BCUT2D eigenvalue weighted by atomic mass is 35.5. The van der Waals surface area contributed by atoms with E-state index in [4.69, 9.17) is 20.8 Å². The summed E-state index contributed by atoms with van der Waals surface area (Å²) in [5.74, 6) is -0.822. The van der Waals surface area contributed by atoms with Gasteiger partial charge in [0.15, 0.2) is 5.75 Å². The highest BCUT2D eigenvalue weighted by molar-refractivity contribution is 7.89. The molecule has 0 saturated carbocycles. The van der Waals surface area contributed by atoms with Crippen LogP contribution >= 0.6 is 11.6 Å². The molecule has 0 aliphatic carbocycles. The Balaban J connectivity index is 1.91. The lowest BCUT2D eigenvalue weighted by Gasteiger charge is -2.20. The van der Waals surface area contributed by atoms with Crippen LogP contribution in [-0.2, 0) is 21.2 Å². The van der Waals surface area contributed by atoms with Gasteiger partial charge in [-0.3, -0.25) is 0 Å². The summed E-state index contributed by atoms with van der Waals surface area (Å²) in [5.41, 5.74) is 1.43. The number of hydrogen-bond acceptors (Lipinski definition) is 6. The number of carbonyl (C=O) groups is 1. The van der Waals surface area contributed by atoms with Gasteiger partial charge in [-0.1, -0.05) is 56.5 Å². The van der Waals surface area contributed by atoms with Crippen molar-refractivity contribution in [2.75, 3.05) is 0 Å². The van der Waals surface area contributed by atoms with Gasteiger partial charge < -0.3 is 9.15 Å². The maximum absolute atomic E-state index is 13.0. The van der Waals surface area contributed by atoms with Gasteiger partial charge in [0.1, 0.15) is 11.6 Å². The molecule has 0 fully saturated rings. The molecular formula is C25H28ClNO6S. The van der Waals surface area contributed by atoms with Crippen LogP contribution in [0, 0.1) is 12.8 Å². The fourth-order valence-electron chi connectivity index (χ4n) is 3.60. The molecule has 0 saturated heterocycles. The Labute approximate surface area is 204 Å². The van der Waals surface area contributed by atoms with Crippen LogP contribution in [-0.4, -0.2) is 20.4 Å². The first-order valence-electron chi connectivity index (χ1n) is 11.1. The van der Waals surface area contributed by atoms with E-state index >= 15 is 0 Å². The lowest BCUT2D eigenvalue weighted by Crippen LogP contribution is -2.43. The molecule has 0 spiro atoms. The number of fused-ring (bicyclic) bond motifs is 1. The second kappa shape index (κ2) is 10.7. The van der Waals surface area contributed by atoms with Crippen molar-refractivity contribution < 1.29 is 22.4 Å². The summed E-state index contributed by atoms with van der Waals surface area (Å²) < 4.78 is 39.0. The number of ether oxygens (including phenoxy) is 1. The second-order valence-corrected chi connectivity index (χ2v) is 10.8. The largest absolute Gasteiger partial charge is 0.424 e. The van der Waals surface area contributed by atoms with Gasteiger partial charge in [-0.05, 0) is 49.4 Å². The first kappa shape index (κ1) is 25.9. The van der Waals surface area contributed by atoms with Crippen LogP contribution in [0.15, 0.2) is 56.6 Å². The van der Waals surface area contributed by atoms with E-state index in [2.05, 4.69) is 4.72 Å². The number of nitrogens with one attached hydrogen (secondary N) is 1. The van der Waals surface area contributed by atoms with Gasteiger partial charge >= 0.3 is 11.6 Å². The summed E-state index contributed by atoms with van der Waals surface area (Å²) in [4.78, 5) is 25.0. The molecular weight excluding hydrogens is 478 g/mol. The zero-order valence-corrected chi connectivity index (χ0v) is 21.1. The van der Waals surface area contributed by atoms with Crippen LogP contribution < -0.4 is 15.1 Å². The number of aryl methyl sites for hydroxylation is 2. The van der Waals surface area contributed by atoms with Crippen LogP contribution in [0.25, 0.3) is 11.0 Å². The Kier molecular flexibility index (Phi) is 8.17. The predicted octanol–water partition coefficient (Wildman–Crippen LogP) is 5.01. The summed E-state index contributed by atoms with van der Waals surface area (Å²) in [6.07, 6.45) is 1.70. The van der Waals surface area contributed by atoms with Crippen molar-refractivity contribution in [1.82, 2.24) is 4.72 Å². The number of hydrogen-bond donors (Lipinski definition) is 1. The average molecular weight is 506 g/mol. The van der Waals surface area contributed by atoms with E-state index in [1.807, 2.05) is 27.7 Å². The Morgan fingerprint density at radius 1 is 1.15 bits per heavy atom. The van der Waals surface area contributed by atoms with Gasteiger partial charge in [-0.2, -0.15) is 4.72 Å². The van der Waals surface area contributed by atoms with Gasteiger partial charge in [-0.15, -0.1) is 0 Å². The first-order chi connectivity index (χ1) is 16.0. The summed E-state index contributed by atoms with van der Waals surface area (Å²) in [5, 5.41) is 0.807. The standard InChI is InChI=1S/C25H28ClNO6S/c1-5-6-17-12-24(28)32-22-14-23(20(26)13-19(17)22)33-25(29)21(11-15(2)3)27-34(30,31)18-9-7-16(4)8-10-18/h7-10,12-15,21,27H,5-6,11H2,1-4H3/t21-/m0/s1. The molecule has 1 atom stereocenters. The average Bonchev–Trinajstić information content (AvgIpc) is 2.74. The van der Waals surface area contributed by atoms with E-state index in [-0.39, 0.29) is 33.6 Å². The van der Waals surface area contributed by atoms with E-state index in [1.54, 1.807) is 18.2 Å². The third-order valence-electron chi connectivity index (χ3n) is 5.23. The molecule has 34 heavy (non-hydrogen) atoms. The molecule has 0 unspecified atom stereocenters. The van der Waals surface area contributed by atoms with E-state index in [0.717, 1.165) is 17.5 Å². The van der Waals surface area contributed by atoms with Crippen LogP contribution in [0.5, 0.6) is 5.75 Å². The van der Waals surface area contributed by atoms with E-state index in [9.17, 15) is 18.0 Å². The van der Waals surface area contributed by atoms with Crippen molar-refractivity contribution in [3.05, 3.63) is 69.0 Å². The molecule has 0 amide bonds. The Bertz CT molecular complexity index is 1350.